The largest absolute Gasteiger partial charge is 0.479 e. The number of fused-ring (bicyclic) bond motifs is 1. The number of carboxylic acids is 1. The Labute approximate surface area is 95.1 Å². The zero-order chi connectivity index (χ0) is 11.1. The average Bonchev–Trinajstić information content (AvgIpc) is 2.19. The molecule has 0 bridgehead atoms. The van der Waals surface area contributed by atoms with Crippen LogP contribution in [0.1, 0.15) is 12.0 Å². The van der Waals surface area contributed by atoms with Crippen LogP contribution in [0.15, 0.2) is 22.7 Å². The summed E-state index contributed by atoms with van der Waals surface area (Å²) in [6.07, 6.45) is 0.172. The third-order valence-electron chi connectivity index (χ3n) is 2.58. The number of anilines is 1. The highest BCUT2D eigenvalue weighted by atomic mass is 79.9. The van der Waals surface area contributed by atoms with Gasteiger partial charge in [-0.2, -0.15) is 0 Å². The van der Waals surface area contributed by atoms with Crippen LogP contribution in [0.3, 0.4) is 0 Å². The van der Waals surface area contributed by atoms with E-state index in [-0.39, 0.29) is 6.42 Å². The van der Waals surface area contributed by atoms with Gasteiger partial charge in [-0.15, -0.1) is 0 Å². The number of hydrogen-bond donors (Lipinski definition) is 3. The SMILES string of the molecule is O=C(O)C1(O)CCNc2ccc(Br)cc21. The summed E-state index contributed by atoms with van der Waals surface area (Å²) in [5.74, 6) is -1.21. The summed E-state index contributed by atoms with van der Waals surface area (Å²) < 4.78 is 0.754. The Bertz CT molecular complexity index is 421. The number of aliphatic carboxylic acids is 1. The normalized spacial score (nSPS) is 24.1. The number of rotatable bonds is 1. The number of halogens is 1. The molecule has 1 aliphatic heterocycles. The maximum atomic E-state index is 11.1. The van der Waals surface area contributed by atoms with Gasteiger partial charge in [0.25, 0.3) is 0 Å². The van der Waals surface area contributed by atoms with Crippen LogP contribution in [0.5, 0.6) is 0 Å². The Kier molecular flexibility index (Phi) is 2.44. The molecule has 2 rings (SSSR count). The Hall–Kier alpha value is -1.07. The second-order valence-corrected chi connectivity index (χ2v) is 4.45. The van der Waals surface area contributed by atoms with Gasteiger partial charge in [0, 0.05) is 28.7 Å². The summed E-state index contributed by atoms with van der Waals surface area (Å²) in [5.41, 5.74) is -0.686. The molecule has 0 radical (unpaired) electrons. The van der Waals surface area contributed by atoms with E-state index in [2.05, 4.69) is 21.2 Å². The fourth-order valence-corrected chi connectivity index (χ4v) is 2.11. The first-order chi connectivity index (χ1) is 7.04. The van der Waals surface area contributed by atoms with Crippen molar-refractivity contribution >= 4 is 27.6 Å². The molecule has 1 aliphatic rings. The molecule has 0 spiro atoms. The van der Waals surface area contributed by atoms with Crippen LogP contribution in [0, 0.1) is 0 Å². The molecule has 1 aromatic rings. The lowest BCUT2D eigenvalue weighted by Crippen LogP contribution is -2.41. The van der Waals surface area contributed by atoms with E-state index in [9.17, 15) is 9.90 Å². The van der Waals surface area contributed by atoms with Gasteiger partial charge < -0.3 is 15.5 Å². The molecular formula is C10H10BrNO3. The highest BCUT2D eigenvalue weighted by Gasteiger charge is 2.41. The van der Waals surface area contributed by atoms with E-state index in [1.54, 1.807) is 18.2 Å². The summed E-state index contributed by atoms with van der Waals surface area (Å²) in [6, 6.07) is 5.20. The smallest absolute Gasteiger partial charge is 0.340 e. The molecule has 1 atom stereocenters. The molecule has 0 amide bonds. The van der Waals surface area contributed by atoms with Gasteiger partial charge in [0.1, 0.15) is 0 Å². The molecule has 4 nitrogen and oxygen atoms in total. The lowest BCUT2D eigenvalue weighted by molar-refractivity contribution is -0.160. The zero-order valence-electron chi connectivity index (χ0n) is 7.83. The van der Waals surface area contributed by atoms with E-state index in [0.29, 0.717) is 17.8 Å². The molecule has 3 N–H and O–H groups in total. The molecule has 1 aromatic carbocycles. The first-order valence-corrected chi connectivity index (χ1v) is 5.33. The average molecular weight is 272 g/mol. The molecule has 0 saturated heterocycles. The third kappa shape index (κ3) is 1.61. The summed E-state index contributed by atoms with van der Waals surface area (Å²) in [7, 11) is 0. The minimum absolute atomic E-state index is 0.172. The van der Waals surface area contributed by atoms with Gasteiger partial charge >= 0.3 is 5.97 Å². The van der Waals surface area contributed by atoms with Crippen molar-refractivity contribution in [1.29, 1.82) is 0 Å². The second kappa shape index (κ2) is 3.50. The highest BCUT2D eigenvalue weighted by Crippen LogP contribution is 2.36. The molecule has 15 heavy (non-hydrogen) atoms. The Balaban J connectivity index is 2.59. The Morgan fingerprint density at radius 2 is 2.27 bits per heavy atom. The van der Waals surface area contributed by atoms with Crippen molar-refractivity contribution in [2.75, 3.05) is 11.9 Å². The van der Waals surface area contributed by atoms with Crippen LogP contribution in [0.4, 0.5) is 5.69 Å². The van der Waals surface area contributed by atoms with Gasteiger partial charge in [0.15, 0.2) is 5.60 Å². The zero-order valence-corrected chi connectivity index (χ0v) is 9.41. The van der Waals surface area contributed by atoms with Crippen molar-refractivity contribution < 1.29 is 15.0 Å². The fourth-order valence-electron chi connectivity index (χ4n) is 1.75. The van der Waals surface area contributed by atoms with Crippen LogP contribution in [-0.2, 0) is 10.4 Å². The van der Waals surface area contributed by atoms with E-state index in [1.807, 2.05) is 0 Å². The van der Waals surface area contributed by atoms with Crippen molar-refractivity contribution in [3.05, 3.63) is 28.2 Å². The minimum atomic E-state index is -1.77. The second-order valence-electron chi connectivity index (χ2n) is 3.53. The molecule has 0 aliphatic carbocycles. The first-order valence-electron chi connectivity index (χ1n) is 4.54. The van der Waals surface area contributed by atoms with Gasteiger partial charge in [-0.1, -0.05) is 15.9 Å². The van der Waals surface area contributed by atoms with Crippen molar-refractivity contribution in [2.45, 2.75) is 12.0 Å². The van der Waals surface area contributed by atoms with Crippen LogP contribution in [-0.4, -0.2) is 22.7 Å². The Morgan fingerprint density at radius 3 is 2.93 bits per heavy atom. The molecule has 0 fully saturated rings. The van der Waals surface area contributed by atoms with Gasteiger partial charge in [0.05, 0.1) is 0 Å². The van der Waals surface area contributed by atoms with Crippen LogP contribution in [0.2, 0.25) is 0 Å². The summed E-state index contributed by atoms with van der Waals surface area (Å²) in [5, 5.41) is 22.2. The number of aliphatic hydroxyl groups is 1. The minimum Gasteiger partial charge on any atom is -0.479 e. The summed E-state index contributed by atoms with van der Waals surface area (Å²) in [6.45, 7) is 0.456. The molecule has 0 saturated carbocycles. The summed E-state index contributed by atoms with van der Waals surface area (Å²) >= 11 is 3.26. The van der Waals surface area contributed by atoms with Crippen LogP contribution >= 0.6 is 15.9 Å². The quantitative estimate of drug-likeness (QED) is 0.725. The maximum absolute atomic E-state index is 11.1. The Morgan fingerprint density at radius 1 is 1.53 bits per heavy atom. The number of benzene rings is 1. The van der Waals surface area contributed by atoms with E-state index in [4.69, 9.17) is 5.11 Å². The lowest BCUT2D eigenvalue weighted by atomic mass is 9.86. The van der Waals surface area contributed by atoms with Crippen molar-refractivity contribution in [1.82, 2.24) is 0 Å². The molecule has 1 heterocycles. The monoisotopic (exact) mass is 271 g/mol. The van der Waals surface area contributed by atoms with Gasteiger partial charge in [-0.05, 0) is 18.2 Å². The molecular weight excluding hydrogens is 262 g/mol. The van der Waals surface area contributed by atoms with Crippen LogP contribution in [0.25, 0.3) is 0 Å². The number of carboxylic acid groups (broad SMARTS) is 1. The van der Waals surface area contributed by atoms with E-state index in [1.165, 1.54) is 0 Å². The number of carbonyl (C=O) groups is 1. The van der Waals surface area contributed by atoms with Crippen molar-refractivity contribution in [2.24, 2.45) is 0 Å². The van der Waals surface area contributed by atoms with Gasteiger partial charge in [-0.3, -0.25) is 0 Å². The van der Waals surface area contributed by atoms with Gasteiger partial charge in [0.2, 0.25) is 0 Å². The highest BCUT2D eigenvalue weighted by molar-refractivity contribution is 9.10. The number of hydrogen-bond acceptors (Lipinski definition) is 3. The third-order valence-corrected chi connectivity index (χ3v) is 3.08. The van der Waals surface area contributed by atoms with E-state index >= 15 is 0 Å². The lowest BCUT2D eigenvalue weighted by Gasteiger charge is -2.31. The fraction of sp³-hybridized carbons (Fsp3) is 0.300. The standard InChI is InChI=1S/C10H10BrNO3/c11-6-1-2-8-7(5-6)10(15,9(13)14)3-4-12-8/h1-2,5,12,15H,3-4H2,(H,13,14). The molecule has 1 unspecified atom stereocenters. The molecule has 5 heteroatoms. The van der Waals surface area contributed by atoms with E-state index in [0.717, 1.165) is 4.47 Å². The van der Waals surface area contributed by atoms with Gasteiger partial charge in [-0.25, -0.2) is 4.79 Å². The topological polar surface area (TPSA) is 69.6 Å². The summed E-state index contributed by atoms with van der Waals surface area (Å²) in [4.78, 5) is 11.1. The van der Waals surface area contributed by atoms with Crippen LogP contribution < -0.4 is 5.32 Å². The van der Waals surface area contributed by atoms with Crippen molar-refractivity contribution in [3.63, 3.8) is 0 Å². The maximum Gasteiger partial charge on any atom is 0.340 e. The predicted octanol–water partition coefficient (Wildman–Crippen LogP) is 1.54. The predicted molar refractivity (Wildman–Crippen MR) is 58.8 cm³/mol. The van der Waals surface area contributed by atoms with Crippen molar-refractivity contribution in [3.8, 4) is 0 Å². The molecule has 80 valence electrons. The first kappa shape index (κ1) is 10.4. The van der Waals surface area contributed by atoms with E-state index < -0.39 is 11.6 Å². The number of nitrogens with one attached hydrogen (secondary N) is 1. The molecule has 0 aromatic heterocycles.